The van der Waals surface area contributed by atoms with Crippen LogP contribution in [0.2, 0.25) is 0 Å². The Hall–Kier alpha value is -2.19. The topological polar surface area (TPSA) is 84.9 Å². The molecule has 1 saturated heterocycles. The van der Waals surface area contributed by atoms with E-state index in [1.807, 2.05) is 27.7 Å². The normalized spacial score (nSPS) is 18.7. The molecule has 0 unspecified atom stereocenters. The van der Waals surface area contributed by atoms with Crippen LogP contribution in [0.25, 0.3) is 6.08 Å². The Labute approximate surface area is 152 Å². The van der Waals surface area contributed by atoms with Crippen LogP contribution in [0.5, 0.6) is 0 Å². The zero-order chi connectivity index (χ0) is 19.7. The minimum Gasteiger partial charge on any atom is -0.478 e. The zero-order valence-corrected chi connectivity index (χ0v) is 15.6. The van der Waals surface area contributed by atoms with Crippen LogP contribution in [0.4, 0.5) is 4.39 Å². The first kappa shape index (κ1) is 20.1. The highest BCUT2D eigenvalue weighted by molar-refractivity contribution is 6.56. The number of nitrogens with one attached hydrogen (secondary N) is 1. The summed E-state index contributed by atoms with van der Waals surface area (Å²) in [5.41, 5.74) is -0.426. The molecule has 1 aromatic carbocycles. The number of carboxylic acids is 1. The summed E-state index contributed by atoms with van der Waals surface area (Å²) in [4.78, 5) is 22.4. The van der Waals surface area contributed by atoms with Crippen molar-refractivity contribution in [2.24, 2.45) is 0 Å². The first-order valence-electron chi connectivity index (χ1n) is 8.26. The van der Waals surface area contributed by atoms with E-state index in [0.29, 0.717) is 11.0 Å². The number of hydrogen-bond donors (Lipinski definition) is 2. The Morgan fingerprint density at radius 3 is 2.27 bits per heavy atom. The second kappa shape index (κ2) is 7.21. The standard InChI is InChI=1S/C18H23BFNO5/c1-11(22)21-10-14(19-25-17(2,3)18(4,5)26-19)7-12-6-13(16(23)24)9-15(20)8-12/h6-9H,10H2,1-5H3,(H,21,22)(H,23,24). The first-order valence-corrected chi connectivity index (χ1v) is 8.26. The number of carbonyl (C=O) groups is 2. The summed E-state index contributed by atoms with van der Waals surface area (Å²) < 4.78 is 25.7. The second-order valence-corrected chi connectivity index (χ2v) is 7.30. The van der Waals surface area contributed by atoms with Crippen molar-refractivity contribution < 1.29 is 28.4 Å². The van der Waals surface area contributed by atoms with Crippen LogP contribution >= 0.6 is 0 Å². The third-order valence-corrected chi connectivity index (χ3v) is 4.62. The number of carboxylic acid groups (broad SMARTS) is 1. The molecule has 1 fully saturated rings. The molecular formula is C18H23BFNO5. The van der Waals surface area contributed by atoms with Crippen molar-refractivity contribution in [1.29, 1.82) is 0 Å². The number of halogens is 1. The van der Waals surface area contributed by atoms with Gasteiger partial charge >= 0.3 is 13.1 Å². The molecule has 1 amide bonds. The van der Waals surface area contributed by atoms with Crippen LogP contribution in [0, 0.1) is 5.82 Å². The predicted octanol–water partition coefficient (Wildman–Crippen LogP) is 2.67. The molecular weight excluding hydrogens is 340 g/mol. The number of rotatable bonds is 5. The van der Waals surface area contributed by atoms with Gasteiger partial charge in [-0.05, 0) is 56.9 Å². The van der Waals surface area contributed by atoms with Crippen LogP contribution in [-0.4, -0.2) is 41.8 Å². The SMILES string of the molecule is CC(=O)NCC(=Cc1cc(F)cc(C(=O)O)c1)B1OC(C)(C)C(C)(C)O1. The van der Waals surface area contributed by atoms with Gasteiger partial charge in [-0.25, -0.2) is 9.18 Å². The van der Waals surface area contributed by atoms with Crippen molar-refractivity contribution in [3.05, 3.63) is 40.6 Å². The van der Waals surface area contributed by atoms with Crippen LogP contribution in [0.1, 0.15) is 50.5 Å². The van der Waals surface area contributed by atoms with E-state index in [9.17, 15) is 14.0 Å². The molecule has 6 nitrogen and oxygen atoms in total. The average molecular weight is 363 g/mol. The van der Waals surface area contributed by atoms with E-state index in [2.05, 4.69) is 5.32 Å². The van der Waals surface area contributed by atoms with Crippen LogP contribution < -0.4 is 5.32 Å². The Morgan fingerprint density at radius 1 is 1.19 bits per heavy atom. The molecule has 8 heteroatoms. The highest BCUT2D eigenvalue weighted by atomic mass is 19.1. The van der Waals surface area contributed by atoms with E-state index in [1.54, 1.807) is 6.08 Å². The molecule has 1 aliphatic rings. The number of aromatic carboxylic acids is 1. The van der Waals surface area contributed by atoms with Gasteiger partial charge in [0.2, 0.25) is 5.91 Å². The zero-order valence-electron chi connectivity index (χ0n) is 15.6. The summed E-state index contributed by atoms with van der Waals surface area (Å²) in [6, 6.07) is 3.51. The fraction of sp³-hybridized carbons (Fsp3) is 0.444. The second-order valence-electron chi connectivity index (χ2n) is 7.30. The Morgan fingerprint density at radius 2 is 1.77 bits per heavy atom. The van der Waals surface area contributed by atoms with Crippen LogP contribution in [0.15, 0.2) is 23.7 Å². The van der Waals surface area contributed by atoms with Crippen molar-refractivity contribution in [2.75, 3.05) is 6.54 Å². The Kier molecular flexibility index (Phi) is 5.58. The van der Waals surface area contributed by atoms with Gasteiger partial charge in [0, 0.05) is 13.5 Å². The van der Waals surface area contributed by atoms with E-state index in [-0.39, 0.29) is 18.0 Å². The van der Waals surface area contributed by atoms with E-state index < -0.39 is 30.1 Å². The lowest BCUT2D eigenvalue weighted by atomic mass is 9.77. The van der Waals surface area contributed by atoms with Gasteiger partial charge in [0.05, 0.1) is 16.8 Å². The minimum atomic E-state index is -1.22. The molecule has 1 aromatic rings. The van der Waals surface area contributed by atoms with Gasteiger partial charge in [0.1, 0.15) is 5.82 Å². The Balaban J connectivity index is 2.41. The average Bonchev–Trinajstić information content (AvgIpc) is 2.70. The third-order valence-electron chi connectivity index (χ3n) is 4.62. The maximum absolute atomic E-state index is 13.8. The van der Waals surface area contributed by atoms with Crippen LogP contribution in [0.3, 0.4) is 0 Å². The van der Waals surface area contributed by atoms with Crippen molar-refractivity contribution in [3.8, 4) is 0 Å². The van der Waals surface area contributed by atoms with Crippen molar-refractivity contribution in [3.63, 3.8) is 0 Å². The van der Waals surface area contributed by atoms with E-state index in [1.165, 1.54) is 19.1 Å². The monoisotopic (exact) mass is 363 g/mol. The largest absolute Gasteiger partial charge is 0.492 e. The molecule has 1 aliphatic heterocycles. The number of hydrogen-bond acceptors (Lipinski definition) is 4. The van der Waals surface area contributed by atoms with Crippen molar-refractivity contribution >= 4 is 25.1 Å². The quantitative estimate of drug-likeness (QED) is 0.786. The molecule has 2 rings (SSSR count). The molecule has 2 N–H and O–H groups in total. The molecule has 0 bridgehead atoms. The summed E-state index contributed by atoms with van der Waals surface area (Å²) in [7, 11) is -0.747. The highest BCUT2D eigenvalue weighted by Crippen LogP contribution is 2.38. The lowest BCUT2D eigenvalue weighted by Crippen LogP contribution is -2.41. The van der Waals surface area contributed by atoms with Crippen molar-refractivity contribution in [1.82, 2.24) is 5.32 Å². The maximum atomic E-state index is 13.8. The van der Waals surface area contributed by atoms with Gasteiger partial charge < -0.3 is 19.7 Å². The summed E-state index contributed by atoms with van der Waals surface area (Å²) in [5, 5.41) is 11.8. The lowest BCUT2D eigenvalue weighted by molar-refractivity contribution is -0.118. The lowest BCUT2D eigenvalue weighted by Gasteiger charge is -2.32. The van der Waals surface area contributed by atoms with Gasteiger partial charge in [-0.2, -0.15) is 0 Å². The highest BCUT2D eigenvalue weighted by Gasteiger charge is 2.52. The molecule has 26 heavy (non-hydrogen) atoms. The third kappa shape index (κ3) is 4.50. The fourth-order valence-corrected chi connectivity index (χ4v) is 2.46. The number of benzene rings is 1. The number of amides is 1. The molecule has 0 aliphatic carbocycles. The molecule has 0 spiro atoms. The van der Waals surface area contributed by atoms with Crippen LogP contribution in [-0.2, 0) is 14.1 Å². The molecule has 0 atom stereocenters. The molecule has 140 valence electrons. The molecule has 0 aromatic heterocycles. The summed E-state index contributed by atoms with van der Waals surface area (Å²) in [6.07, 6.45) is 1.58. The molecule has 0 saturated carbocycles. The summed E-state index contributed by atoms with van der Waals surface area (Å²) >= 11 is 0. The first-order chi connectivity index (χ1) is 11.9. The smallest absolute Gasteiger partial charge is 0.478 e. The predicted molar refractivity (Wildman–Crippen MR) is 96.1 cm³/mol. The van der Waals surface area contributed by atoms with Gasteiger partial charge in [-0.1, -0.05) is 6.08 Å². The minimum absolute atomic E-state index is 0.130. The fourth-order valence-electron chi connectivity index (χ4n) is 2.46. The van der Waals surface area contributed by atoms with Gasteiger partial charge in [-0.3, -0.25) is 4.79 Å². The molecule has 0 radical (unpaired) electrons. The Bertz CT molecular complexity index is 744. The summed E-state index contributed by atoms with van der Waals surface area (Å²) in [6.45, 7) is 9.10. The van der Waals surface area contributed by atoms with E-state index in [4.69, 9.17) is 14.4 Å². The van der Waals surface area contributed by atoms with Gasteiger partial charge in [0.25, 0.3) is 0 Å². The van der Waals surface area contributed by atoms with Gasteiger partial charge in [0.15, 0.2) is 0 Å². The van der Waals surface area contributed by atoms with Gasteiger partial charge in [-0.15, -0.1) is 0 Å². The number of carbonyl (C=O) groups excluding carboxylic acids is 1. The van der Waals surface area contributed by atoms with E-state index in [0.717, 1.165) is 6.07 Å². The van der Waals surface area contributed by atoms with Crippen molar-refractivity contribution in [2.45, 2.75) is 45.8 Å². The van der Waals surface area contributed by atoms with E-state index >= 15 is 0 Å². The summed E-state index contributed by atoms with van der Waals surface area (Å²) in [5.74, 6) is -2.12. The maximum Gasteiger partial charge on any atom is 0.492 e. The molecule has 1 heterocycles.